The maximum Gasteiger partial charge on any atom is 0.355 e. The normalized spacial score (nSPS) is 10.3. The van der Waals surface area contributed by atoms with Crippen LogP contribution < -0.4 is 0 Å². The number of esters is 1. The van der Waals surface area contributed by atoms with E-state index < -0.39 is 5.97 Å². The molecule has 0 saturated heterocycles. The van der Waals surface area contributed by atoms with Crippen LogP contribution in [0.1, 0.15) is 33.3 Å². The van der Waals surface area contributed by atoms with E-state index in [0.29, 0.717) is 15.6 Å². The predicted molar refractivity (Wildman–Crippen MR) is 76.4 cm³/mol. The molecule has 1 aromatic carbocycles. The summed E-state index contributed by atoms with van der Waals surface area (Å²) in [6, 6.07) is 6.44. The van der Waals surface area contributed by atoms with Gasteiger partial charge in [0.1, 0.15) is 12.3 Å². The molecule has 0 spiro atoms. The lowest BCUT2D eigenvalue weighted by Crippen LogP contribution is -2.05. The zero-order valence-corrected chi connectivity index (χ0v) is 12.1. The van der Waals surface area contributed by atoms with Crippen molar-refractivity contribution in [1.29, 1.82) is 0 Å². The Morgan fingerprint density at radius 3 is 2.55 bits per heavy atom. The molecule has 4 nitrogen and oxygen atoms in total. The van der Waals surface area contributed by atoms with Gasteiger partial charge >= 0.3 is 5.97 Å². The van der Waals surface area contributed by atoms with Crippen molar-refractivity contribution in [2.45, 2.75) is 13.5 Å². The fourth-order valence-corrected chi connectivity index (χ4v) is 1.89. The molecule has 0 fully saturated rings. The van der Waals surface area contributed by atoms with Crippen molar-refractivity contribution in [1.82, 2.24) is 4.98 Å². The van der Waals surface area contributed by atoms with Crippen LogP contribution in [-0.4, -0.2) is 16.7 Å². The first-order valence-electron chi connectivity index (χ1n) is 5.78. The minimum absolute atomic E-state index is 0.0736. The number of ether oxygens (including phenoxy) is 1. The van der Waals surface area contributed by atoms with Crippen molar-refractivity contribution < 1.29 is 14.3 Å². The number of H-pyrrole nitrogens is 1. The lowest BCUT2D eigenvalue weighted by atomic mass is 10.2. The number of Topliss-reactive ketones (excluding diaryl/α,β-unsaturated/α-hetero) is 1. The Balaban J connectivity index is 2.00. The number of hydrogen-bond acceptors (Lipinski definition) is 3. The Kier molecular flexibility index (Phi) is 4.47. The molecule has 0 saturated carbocycles. The van der Waals surface area contributed by atoms with E-state index in [4.69, 9.17) is 27.9 Å². The van der Waals surface area contributed by atoms with Crippen LogP contribution in [0.2, 0.25) is 10.0 Å². The number of ketones is 1. The predicted octanol–water partition coefficient (Wildman–Crippen LogP) is 3.88. The zero-order chi connectivity index (χ0) is 14.7. The highest BCUT2D eigenvalue weighted by atomic mass is 35.5. The number of nitrogens with one attached hydrogen (secondary N) is 1. The number of benzene rings is 1. The average Bonchev–Trinajstić information content (AvgIpc) is 2.89. The Morgan fingerprint density at radius 1 is 1.20 bits per heavy atom. The highest BCUT2D eigenvalue weighted by Crippen LogP contribution is 2.23. The summed E-state index contributed by atoms with van der Waals surface area (Å²) < 4.78 is 5.12. The minimum atomic E-state index is -0.538. The third-order valence-electron chi connectivity index (χ3n) is 2.66. The fourth-order valence-electron chi connectivity index (χ4n) is 1.57. The van der Waals surface area contributed by atoms with Gasteiger partial charge in [0.15, 0.2) is 5.78 Å². The number of aromatic amines is 1. The lowest BCUT2D eigenvalue weighted by Gasteiger charge is -2.04. The van der Waals surface area contributed by atoms with Gasteiger partial charge in [0.2, 0.25) is 0 Å². The molecule has 20 heavy (non-hydrogen) atoms. The molecular formula is C14H11Cl2NO3. The lowest BCUT2D eigenvalue weighted by molar-refractivity contribution is 0.0466. The van der Waals surface area contributed by atoms with Gasteiger partial charge in [-0.1, -0.05) is 29.3 Å². The molecular weight excluding hydrogens is 301 g/mol. The van der Waals surface area contributed by atoms with Crippen molar-refractivity contribution in [2.75, 3.05) is 0 Å². The summed E-state index contributed by atoms with van der Waals surface area (Å²) in [4.78, 5) is 25.6. The zero-order valence-electron chi connectivity index (χ0n) is 10.6. The number of carbonyl (C=O) groups is 2. The second-order valence-electron chi connectivity index (χ2n) is 4.18. The largest absolute Gasteiger partial charge is 0.456 e. The Labute approximate surface area is 125 Å². The molecule has 0 radical (unpaired) electrons. The van der Waals surface area contributed by atoms with Crippen molar-refractivity contribution in [3.8, 4) is 0 Å². The first-order chi connectivity index (χ1) is 9.47. The molecule has 2 rings (SSSR count). The average molecular weight is 312 g/mol. The van der Waals surface area contributed by atoms with Crippen LogP contribution in [0.3, 0.4) is 0 Å². The van der Waals surface area contributed by atoms with Gasteiger partial charge in [0.05, 0.1) is 10.0 Å². The summed E-state index contributed by atoms with van der Waals surface area (Å²) >= 11 is 11.7. The second kappa shape index (κ2) is 6.11. The van der Waals surface area contributed by atoms with E-state index in [-0.39, 0.29) is 18.1 Å². The van der Waals surface area contributed by atoms with Crippen LogP contribution in [-0.2, 0) is 11.3 Å². The van der Waals surface area contributed by atoms with Gasteiger partial charge in [-0.2, -0.15) is 0 Å². The van der Waals surface area contributed by atoms with Gasteiger partial charge in [0.25, 0.3) is 0 Å². The second-order valence-corrected chi connectivity index (χ2v) is 5.00. The van der Waals surface area contributed by atoms with Gasteiger partial charge in [0, 0.05) is 11.8 Å². The summed E-state index contributed by atoms with van der Waals surface area (Å²) in [5.74, 6) is -0.659. The molecule has 1 aromatic heterocycles. The Morgan fingerprint density at radius 2 is 1.95 bits per heavy atom. The smallest absolute Gasteiger partial charge is 0.355 e. The number of halogens is 2. The third-order valence-corrected chi connectivity index (χ3v) is 3.40. The summed E-state index contributed by atoms with van der Waals surface area (Å²) in [7, 11) is 0. The minimum Gasteiger partial charge on any atom is -0.456 e. The molecule has 1 heterocycles. The Hall–Kier alpha value is -1.78. The van der Waals surface area contributed by atoms with E-state index in [1.807, 2.05) is 0 Å². The fraction of sp³-hybridized carbons (Fsp3) is 0.143. The first kappa shape index (κ1) is 14.6. The molecule has 0 bridgehead atoms. The molecule has 0 aliphatic carbocycles. The SMILES string of the molecule is CC(=O)c1c[nH]c(C(=O)OCc2ccc(Cl)c(Cl)c2)c1. The van der Waals surface area contributed by atoms with Gasteiger partial charge in [-0.05, 0) is 30.7 Å². The molecule has 0 aliphatic heterocycles. The highest BCUT2D eigenvalue weighted by Gasteiger charge is 2.12. The van der Waals surface area contributed by atoms with Gasteiger partial charge in [-0.25, -0.2) is 4.79 Å². The first-order valence-corrected chi connectivity index (χ1v) is 6.53. The maximum absolute atomic E-state index is 11.8. The van der Waals surface area contributed by atoms with Crippen LogP contribution in [0.25, 0.3) is 0 Å². The molecule has 0 unspecified atom stereocenters. The summed E-state index contributed by atoms with van der Waals surface area (Å²) in [6.07, 6.45) is 1.47. The van der Waals surface area contributed by atoms with Crippen LogP contribution in [0.5, 0.6) is 0 Å². The van der Waals surface area contributed by atoms with E-state index in [9.17, 15) is 9.59 Å². The number of rotatable bonds is 4. The molecule has 0 aliphatic rings. The van der Waals surface area contributed by atoms with Crippen LogP contribution in [0.15, 0.2) is 30.5 Å². The van der Waals surface area contributed by atoms with Crippen molar-refractivity contribution >= 4 is 35.0 Å². The Bertz CT molecular complexity index is 664. The van der Waals surface area contributed by atoms with Gasteiger partial charge < -0.3 is 9.72 Å². The van der Waals surface area contributed by atoms with E-state index in [1.54, 1.807) is 18.2 Å². The molecule has 0 atom stereocenters. The molecule has 0 amide bonds. The molecule has 2 aromatic rings. The van der Waals surface area contributed by atoms with Crippen LogP contribution >= 0.6 is 23.2 Å². The van der Waals surface area contributed by atoms with E-state index in [0.717, 1.165) is 5.56 Å². The van der Waals surface area contributed by atoms with Gasteiger partial charge in [-0.3, -0.25) is 4.79 Å². The summed E-state index contributed by atoms with van der Waals surface area (Å²) in [6.45, 7) is 1.50. The quantitative estimate of drug-likeness (QED) is 0.688. The van der Waals surface area contributed by atoms with Crippen LogP contribution in [0, 0.1) is 0 Å². The maximum atomic E-state index is 11.8. The topological polar surface area (TPSA) is 59.2 Å². The van der Waals surface area contributed by atoms with E-state index in [1.165, 1.54) is 19.2 Å². The van der Waals surface area contributed by atoms with Crippen LogP contribution in [0.4, 0.5) is 0 Å². The number of aromatic nitrogens is 1. The van der Waals surface area contributed by atoms with E-state index >= 15 is 0 Å². The third kappa shape index (κ3) is 3.40. The molecule has 6 heteroatoms. The summed E-state index contributed by atoms with van der Waals surface area (Å²) in [5.41, 5.74) is 1.40. The van der Waals surface area contributed by atoms with Gasteiger partial charge in [-0.15, -0.1) is 0 Å². The van der Waals surface area contributed by atoms with Crippen molar-refractivity contribution in [3.63, 3.8) is 0 Å². The molecule has 1 N–H and O–H groups in total. The van der Waals surface area contributed by atoms with Crippen molar-refractivity contribution in [2.24, 2.45) is 0 Å². The number of hydrogen-bond donors (Lipinski definition) is 1. The highest BCUT2D eigenvalue weighted by molar-refractivity contribution is 6.42. The number of carbonyl (C=O) groups excluding carboxylic acids is 2. The summed E-state index contributed by atoms with van der Waals surface area (Å²) in [5, 5.41) is 0.844. The molecule has 104 valence electrons. The standard InChI is InChI=1S/C14H11Cl2NO3/c1-8(18)10-5-13(17-6-10)14(19)20-7-9-2-3-11(15)12(16)4-9/h2-6,17H,7H2,1H3. The monoisotopic (exact) mass is 311 g/mol. The van der Waals surface area contributed by atoms with E-state index in [2.05, 4.69) is 4.98 Å². The van der Waals surface area contributed by atoms with Crippen molar-refractivity contribution in [3.05, 3.63) is 57.3 Å².